The number of carbonyl (C=O) groups is 3. The minimum Gasteiger partial charge on any atom is -0.467 e. The average molecular weight is 242 g/mol. The highest BCUT2D eigenvalue weighted by Gasteiger charge is 2.54. The van der Waals surface area contributed by atoms with E-state index in [1.807, 2.05) is 0 Å². The molecule has 0 aromatic carbocycles. The molecule has 0 spiro atoms. The molecule has 1 aliphatic carbocycles. The smallest absolute Gasteiger partial charge is 0.335 e. The molecule has 6 heteroatoms. The first kappa shape index (κ1) is 12.0. The van der Waals surface area contributed by atoms with Gasteiger partial charge in [-0.15, -0.1) is 0 Å². The molecule has 2 rings (SSSR count). The van der Waals surface area contributed by atoms with Gasteiger partial charge in [-0.25, -0.2) is 9.59 Å². The van der Waals surface area contributed by atoms with Gasteiger partial charge in [-0.3, -0.25) is 4.79 Å². The van der Waals surface area contributed by atoms with E-state index in [1.54, 1.807) is 0 Å². The van der Waals surface area contributed by atoms with E-state index in [1.165, 1.54) is 14.2 Å². The molecular weight excluding hydrogens is 228 g/mol. The number of carbonyl (C=O) groups excluding carboxylic acids is 3. The molecule has 94 valence electrons. The third-order valence-electron chi connectivity index (χ3n) is 3.41. The largest absolute Gasteiger partial charge is 0.467 e. The topological polar surface area (TPSA) is 78.9 Å². The van der Waals surface area contributed by atoms with E-state index in [0.717, 1.165) is 0 Å². The summed E-state index contributed by atoms with van der Waals surface area (Å²) in [5.41, 5.74) is 0. The number of rotatable bonds is 2. The van der Waals surface area contributed by atoms with E-state index in [2.05, 4.69) is 9.47 Å². The number of fused-ring (bicyclic) bond motifs is 2. The molecule has 17 heavy (non-hydrogen) atoms. The summed E-state index contributed by atoms with van der Waals surface area (Å²) in [7, 11) is 2.45. The number of esters is 2. The highest BCUT2D eigenvalue weighted by atomic mass is 16.6. The van der Waals surface area contributed by atoms with E-state index in [0.29, 0.717) is 12.8 Å². The minimum absolute atomic E-state index is 0.0953. The van der Waals surface area contributed by atoms with Crippen LogP contribution in [0.1, 0.15) is 12.8 Å². The Morgan fingerprint density at radius 2 is 1.47 bits per heavy atom. The van der Waals surface area contributed by atoms with Crippen LogP contribution in [0, 0.1) is 11.8 Å². The first-order valence-electron chi connectivity index (χ1n) is 5.45. The van der Waals surface area contributed by atoms with Crippen molar-refractivity contribution in [1.29, 1.82) is 0 Å². The third-order valence-corrected chi connectivity index (χ3v) is 3.41. The fourth-order valence-electron chi connectivity index (χ4n) is 2.54. The zero-order valence-electron chi connectivity index (χ0n) is 9.67. The lowest BCUT2D eigenvalue weighted by molar-refractivity contribution is -0.186. The van der Waals surface area contributed by atoms with Crippen LogP contribution < -0.4 is 0 Å². The van der Waals surface area contributed by atoms with Crippen LogP contribution in [-0.4, -0.2) is 44.1 Å². The maximum Gasteiger partial charge on any atom is 0.335 e. The SMILES string of the molecule is COC(=O)[C@H]1O[C@@H](C(=O)OC)[C@@H]2CC[C@H]1C2=O. The van der Waals surface area contributed by atoms with Crippen molar-refractivity contribution < 1.29 is 28.6 Å². The zero-order chi connectivity index (χ0) is 12.6. The number of ether oxygens (including phenoxy) is 3. The van der Waals surface area contributed by atoms with Crippen molar-refractivity contribution in [2.24, 2.45) is 11.8 Å². The Bertz CT molecular complexity index is 331. The van der Waals surface area contributed by atoms with Gasteiger partial charge in [0, 0.05) is 0 Å². The molecule has 0 unspecified atom stereocenters. The van der Waals surface area contributed by atoms with E-state index in [4.69, 9.17) is 4.74 Å². The lowest BCUT2D eigenvalue weighted by atomic mass is 9.90. The summed E-state index contributed by atoms with van der Waals surface area (Å²) in [6, 6.07) is 0. The van der Waals surface area contributed by atoms with E-state index in [9.17, 15) is 14.4 Å². The van der Waals surface area contributed by atoms with Gasteiger partial charge in [0.2, 0.25) is 0 Å². The van der Waals surface area contributed by atoms with Crippen LogP contribution in [0.3, 0.4) is 0 Å². The predicted molar refractivity (Wildman–Crippen MR) is 53.9 cm³/mol. The minimum atomic E-state index is -0.977. The Kier molecular flexibility index (Phi) is 3.15. The van der Waals surface area contributed by atoms with Gasteiger partial charge in [-0.1, -0.05) is 0 Å². The monoisotopic (exact) mass is 242 g/mol. The Hall–Kier alpha value is -1.43. The van der Waals surface area contributed by atoms with E-state index >= 15 is 0 Å². The van der Waals surface area contributed by atoms with Crippen LogP contribution in [0.5, 0.6) is 0 Å². The van der Waals surface area contributed by atoms with Crippen LogP contribution in [0.15, 0.2) is 0 Å². The summed E-state index contributed by atoms with van der Waals surface area (Å²) in [5.74, 6) is -2.28. The van der Waals surface area contributed by atoms with Crippen molar-refractivity contribution >= 4 is 17.7 Å². The molecule has 0 N–H and O–H groups in total. The molecule has 0 amide bonds. The number of hydrogen-bond donors (Lipinski definition) is 0. The van der Waals surface area contributed by atoms with Crippen molar-refractivity contribution in [3.8, 4) is 0 Å². The van der Waals surface area contributed by atoms with Crippen LogP contribution in [0.25, 0.3) is 0 Å². The maximum absolute atomic E-state index is 12.0. The normalized spacial score (nSPS) is 35.5. The second-order valence-corrected chi connectivity index (χ2v) is 4.22. The summed E-state index contributed by atoms with van der Waals surface area (Å²) in [6.45, 7) is 0. The number of hydrogen-bond acceptors (Lipinski definition) is 6. The molecule has 1 saturated heterocycles. The van der Waals surface area contributed by atoms with Gasteiger partial charge in [0.15, 0.2) is 12.2 Å². The lowest BCUT2D eigenvalue weighted by Crippen LogP contribution is -2.50. The Balaban J connectivity index is 2.24. The molecule has 2 aliphatic rings. The van der Waals surface area contributed by atoms with Gasteiger partial charge < -0.3 is 14.2 Å². The second-order valence-electron chi connectivity index (χ2n) is 4.22. The first-order chi connectivity index (χ1) is 8.10. The van der Waals surface area contributed by atoms with Gasteiger partial charge in [-0.05, 0) is 12.8 Å². The predicted octanol–water partition coefficient (Wildman–Crippen LogP) is -0.305. The fraction of sp³-hybridized carbons (Fsp3) is 0.727. The van der Waals surface area contributed by atoms with Crippen LogP contribution >= 0.6 is 0 Å². The zero-order valence-corrected chi connectivity index (χ0v) is 9.67. The standard InChI is InChI=1S/C11H14O6/c1-15-10(13)8-5-3-4-6(7(5)12)9(17-8)11(14)16-2/h5-6,8-9H,3-4H2,1-2H3/t5-,6+,8-,9+. The molecule has 4 atom stereocenters. The molecule has 1 aliphatic heterocycles. The average Bonchev–Trinajstić information content (AvgIpc) is 2.61. The van der Waals surface area contributed by atoms with Gasteiger partial charge in [0.05, 0.1) is 26.1 Å². The van der Waals surface area contributed by atoms with Crippen LogP contribution in [-0.2, 0) is 28.6 Å². The molecule has 0 aromatic rings. The summed E-state index contributed by atoms with van der Waals surface area (Å²) in [4.78, 5) is 35.0. The molecule has 6 nitrogen and oxygen atoms in total. The molecule has 0 aromatic heterocycles. The Labute approximate surface area is 98.2 Å². The van der Waals surface area contributed by atoms with Crippen molar-refractivity contribution in [2.75, 3.05) is 14.2 Å². The highest BCUT2D eigenvalue weighted by molar-refractivity contribution is 5.96. The quantitative estimate of drug-likeness (QED) is 0.618. The lowest BCUT2D eigenvalue weighted by Gasteiger charge is -2.31. The Morgan fingerprint density at radius 1 is 1.06 bits per heavy atom. The van der Waals surface area contributed by atoms with E-state index < -0.39 is 36.0 Å². The second kappa shape index (κ2) is 4.44. The third kappa shape index (κ3) is 1.82. The van der Waals surface area contributed by atoms with Gasteiger partial charge in [0.25, 0.3) is 0 Å². The summed E-state index contributed by atoms with van der Waals surface area (Å²) in [6.07, 6.45) is -0.848. The maximum atomic E-state index is 12.0. The summed E-state index contributed by atoms with van der Waals surface area (Å²) >= 11 is 0. The Morgan fingerprint density at radius 3 is 1.82 bits per heavy atom. The molecular formula is C11H14O6. The number of Topliss-reactive ketones (excluding diaryl/α,β-unsaturated/α-hetero) is 1. The highest BCUT2D eigenvalue weighted by Crippen LogP contribution is 2.40. The summed E-state index contributed by atoms with van der Waals surface area (Å²) in [5, 5.41) is 0. The van der Waals surface area contributed by atoms with Crippen LogP contribution in [0.4, 0.5) is 0 Å². The van der Waals surface area contributed by atoms with Gasteiger partial charge >= 0.3 is 11.9 Å². The first-order valence-corrected chi connectivity index (χ1v) is 5.45. The molecule has 1 heterocycles. The van der Waals surface area contributed by atoms with Gasteiger partial charge in [-0.2, -0.15) is 0 Å². The van der Waals surface area contributed by atoms with Crippen molar-refractivity contribution in [3.05, 3.63) is 0 Å². The van der Waals surface area contributed by atoms with Crippen molar-refractivity contribution in [3.63, 3.8) is 0 Å². The summed E-state index contributed by atoms with van der Waals surface area (Å²) < 4.78 is 14.5. The number of ketones is 1. The number of methoxy groups -OCH3 is 2. The molecule has 0 radical (unpaired) electrons. The van der Waals surface area contributed by atoms with Crippen LogP contribution in [0.2, 0.25) is 0 Å². The molecule has 1 saturated carbocycles. The molecule has 2 bridgehead atoms. The van der Waals surface area contributed by atoms with Crippen molar-refractivity contribution in [1.82, 2.24) is 0 Å². The molecule has 2 fully saturated rings. The van der Waals surface area contributed by atoms with Gasteiger partial charge in [0.1, 0.15) is 5.78 Å². The fourth-order valence-corrected chi connectivity index (χ4v) is 2.54. The van der Waals surface area contributed by atoms with Crippen molar-refractivity contribution in [2.45, 2.75) is 25.0 Å². The van der Waals surface area contributed by atoms with E-state index in [-0.39, 0.29) is 5.78 Å².